The molecule has 9 N–H and O–H groups in total. The van der Waals surface area contributed by atoms with E-state index in [0.29, 0.717) is 18.6 Å². The summed E-state index contributed by atoms with van der Waals surface area (Å²) in [7, 11) is 0. The quantitative estimate of drug-likeness (QED) is 0.165. The zero-order valence-electron chi connectivity index (χ0n) is 23.0. The molecule has 0 fully saturated rings. The first-order chi connectivity index (χ1) is 19.8. The lowest BCUT2D eigenvalue weighted by Crippen LogP contribution is -2.53. The van der Waals surface area contributed by atoms with E-state index in [4.69, 9.17) is 21.9 Å². The van der Waals surface area contributed by atoms with E-state index in [1.807, 2.05) is 6.92 Å². The Labute approximate surface area is 240 Å². The van der Waals surface area contributed by atoms with E-state index in [1.165, 1.54) is 17.0 Å². The molecule has 2 rings (SSSR count). The highest BCUT2D eigenvalue weighted by atomic mass is 19.4. The van der Waals surface area contributed by atoms with Crippen molar-refractivity contribution in [3.05, 3.63) is 59.4 Å². The van der Waals surface area contributed by atoms with Crippen LogP contribution in [0, 0.1) is 5.82 Å². The molecule has 0 saturated carbocycles. The van der Waals surface area contributed by atoms with Crippen molar-refractivity contribution in [3.63, 3.8) is 0 Å². The van der Waals surface area contributed by atoms with Crippen LogP contribution in [0.2, 0.25) is 0 Å². The van der Waals surface area contributed by atoms with Gasteiger partial charge in [0.15, 0.2) is 11.6 Å². The molecule has 0 bridgehead atoms. The van der Waals surface area contributed by atoms with Gasteiger partial charge in [-0.05, 0) is 36.2 Å². The first-order valence-corrected chi connectivity index (χ1v) is 13.1. The number of benzene rings is 2. The van der Waals surface area contributed by atoms with Crippen molar-refractivity contribution in [1.29, 1.82) is 0 Å². The van der Waals surface area contributed by atoms with E-state index >= 15 is 0 Å². The molecule has 0 spiro atoms. The first kappa shape index (κ1) is 34.4. The lowest BCUT2D eigenvalue weighted by molar-refractivity contribution is -0.137. The third-order valence-electron chi connectivity index (χ3n) is 6.02. The maximum atomic E-state index is 14.1. The molecule has 0 aliphatic heterocycles. The van der Waals surface area contributed by atoms with E-state index in [9.17, 15) is 37.1 Å². The van der Waals surface area contributed by atoms with Crippen molar-refractivity contribution in [2.75, 3.05) is 38.1 Å². The number of halogens is 4. The van der Waals surface area contributed by atoms with E-state index in [2.05, 4.69) is 10.6 Å². The summed E-state index contributed by atoms with van der Waals surface area (Å²) in [4.78, 5) is 40.1. The maximum Gasteiger partial charge on any atom is 0.416 e. The van der Waals surface area contributed by atoms with Crippen LogP contribution in [0.15, 0.2) is 42.5 Å². The van der Waals surface area contributed by atoms with Crippen LogP contribution in [0.5, 0.6) is 5.75 Å². The number of hydrogen-bond acceptors (Lipinski definition) is 8. The third kappa shape index (κ3) is 9.94. The normalized spacial score (nSPS) is 13.5. The third-order valence-corrected chi connectivity index (χ3v) is 6.02. The molecular formula is C27H36F4N6O5. The van der Waals surface area contributed by atoms with Gasteiger partial charge in [-0.3, -0.25) is 14.4 Å². The summed E-state index contributed by atoms with van der Waals surface area (Å²) in [6.07, 6.45) is -6.38. The van der Waals surface area contributed by atoms with Crippen molar-refractivity contribution in [2.24, 2.45) is 17.2 Å². The fourth-order valence-electron chi connectivity index (χ4n) is 3.82. The molecule has 0 radical (unpaired) electrons. The Morgan fingerprint density at radius 3 is 2.19 bits per heavy atom. The molecule has 0 aliphatic carbocycles. The smallest absolute Gasteiger partial charge is 0.416 e. The standard InChI is InChI=1S/C27H36F4N6O5/c1-2-13-42-21-14-18(7-8-19(21)28)35-26(41)23(24(39)16-3-5-17(6-4-16)27(29,30)31)36-25(40)20(34)15-22(38)37(11-9-32)12-10-33/h3-8,14,20,23-24,39H,2,9-13,15,32-34H2,1H3,(H,35,41)(H,36,40)/t20-,23-,24+/m0/s1. The van der Waals surface area contributed by atoms with Crippen molar-refractivity contribution < 1.29 is 41.8 Å². The van der Waals surface area contributed by atoms with Crippen LogP contribution in [-0.2, 0) is 20.6 Å². The highest BCUT2D eigenvalue weighted by molar-refractivity contribution is 5.99. The van der Waals surface area contributed by atoms with Crippen molar-refractivity contribution in [3.8, 4) is 5.75 Å². The van der Waals surface area contributed by atoms with E-state index < -0.39 is 59.9 Å². The van der Waals surface area contributed by atoms with Gasteiger partial charge < -0.3 is 42.6 Å². The summed E-state index contributed by atoms with van der Waals surface area (Å²) in [5, 5.41) is 15.7. The van der Waals surface area contributed by atoms with Gasteiger partial charge in [-0.2, -0.15) is 13.2 Å². The van der Waals surface area contributed by atoms with Gasteiger partial charge in [0, 0.05) is 37.9 Å². The molecule has 2 aromatic carbocycles. The van der Waals surface area contributed by atoms with Crippen LogP contribution in [0.25, 0.3) is 0 Å². The number of alkyl halides is 3. The van der Waals surface area contributed by atoms with Crippen molar-refractivity contribution in [2.45, 2.75) is 44.1 Å². The number of anilines is 1. The molecule has 2 aromatic rings. The summed E-state index contributed by atoms with van der Waals surface area (Å²) >= 11 is 0. The Bertz CT molecular complexity index is 1190. The average molecular weight is 601 g/mol. The number of aliphatic hydroxyl groups is 1. The molecule has 0 saturated heterocycles. The fraction of sp³-hybridized carbons (Fsp3) is 0.444. The van der Waals surface area contributed by atoms with Gasteiger partial charge in [0.25, 0.3) is 0 Å². The number of carbonyl (C=O) groups is 3. The number of hydrogen-bond donors (Lipinski definition) is 6. The first-order valence-electron chi connectivity index (χ1n) is 13.1. The van der Waals surface area contributed by atoms with Crippen LogP contribution in [0.1, 0.15) is 37.0 Å². The molecular weight excluding hydrogens is 564 g/mol. The Balaban J connectivity index is 2.31. The molecule has 232 valence electrons. The Hall–Kier alpha value is -3.79. The second-order valence-electron chi connectivity index (χ2n) is 9.30. The van der Waals surface area contributed by atoms with Gasteiger partial charge in [0.1, 0.15) is 12.1 Å². The van der Waals surface area contributed by atoms with Crippen LogP contribution >= 0.6 is 0 Å². The molecule has 42 heavy (non-hydrogen) atoms. The summed E-state index contributed by atoms with van der Waals surface area (Å²) < 4.78 is 58.5. The summed E-state index contributed by atoms with van der Waals surface area (Å²) in [5.74, 6) is -3.37. The largest absolute Gasteiger partial charge is 0.490 e. The minimum atomic E-state index is -4.64. The lowest BCUT2D eigenvalue weighted by Gasteiger charge is -2.26. The van der Waals surface area contributed by atoms with Gasteiger partial charge in [0.2, 0.25) is 17.7 Å². The minimum Gasteiger partial charge on any atom is -0.490 e. The zero-order valence-corrected chi connectivity index (χ0v) is 23.0. The second kappa shape index (κ2) is 16.0. The molecule has 0 unspecified atom stereocenters. The van der Waals surface area contributed by atoms with Crippen LogP contribution in [-0.4, -0.2) is 72.6 Å². The van der Waals surface area contributed by atoms with Crippen LogP contribution in [0.4, 0.5) is 23.2 Å². The van der Waals surface area contributed by atoms with Gasteiger partial charge in [-0.25, -0.2) is 4.39 Å². The Morgan fingerprint density at radius 1 is 1.02 bits per heavy atom. The van der Waals surface area contributed by atoms with Gasteiger partial charge in [-0.1, -0.05) is 19.1 Å². The predicted molar refractivity (Wildman–Crippen MR) is 146 cm³/mol. The number of nitrogens with one attached hydrogen (secondary N) is 2. The average Bonchev–Trinajstić information content (AvgIpc) is 2.95. The molecule has 0 aromatic heterocycles. The number of nitrogens with zero attached hydrogens (tertiary/aromatic N) is 1. The minimum absolute atomic E-state index is 0.0464. The SMILES string of the molecule is CCCOc1cc(NC(=O)[C@@H](NC(=O)[C@@H](N)CC(=O)N(CCN)CCN)[C@H](O)c2ccc(C(F)(F)F)cc2)ccc1F. The molecule has 11 nitrogen and oxygen atoms in total. The summed E-state index contributed by atoms with van der Waals surface area (Å²) in [6.45, 7) is 2.63. The van der Waals surface area contributed by atoms with E-state index in [1.54, 1.807) is 0 Å². The van der Waals surface area contributed by atoms with E-state index in [-0.39, 0.29) is 49.8 Å². The topological polar surface area (TPSA) is 186 Å². The van der Waals surface area contributed by atoms with Gasteiger partial charge in [0.05, 0.1) is 24.6 Å². The number of nitrogens with two attached hydrogens (primary N) is 3. The second-order valence-corrected chi connectivity index (χ2v) is 9.30. The number of ether oxygens (including phenoxy) is 1. The summed E-state index contributed by atoms with van der Waals surface area (Å²) in [5.41, 5.74) is 15.9. The highest BCUT2D eigenvalue weighted by Crippen LogP contribution is 2.30. The number of amides is 3. The number of carbonyl (C=O) groups excluding carboxylic acids is 3. The highest BCUT2D eigenvalue weighted by Gasteiger charge is 2.34. The van der Waals surface area contributed by atoms with Gasteiger partial charge in [-0.15, -0.1) is 0 Å². The zero-order chi connectivity index (χ0) is 31.4. The van der Waals surface area contributed by atoms with Crippen molar-refractivity contribution in [1.82, 2.24) is 10.2 Å². The van der Waals surface area contributed by atoms with Crippen molar-refractivity contribution >= 4 is 23.4 Å². The summed E-state index contributed by atoms with van der Waals surface area (Å²) in [6, 6.07) is 3.52. The predicted octanol–water partition coefficient (Wildman–Crippen LogP) is 1.25. The Kier molecular flexibility index (Phi) is 13.1. The molecule has 3 amide bonds. The van der Waals surface area contributed by atoms with Crippen LogP contribution in [0.3, 0.4) is 0 Å². The van der Waals surface area contributed by atoms with Crippen LogP contribution < -0.4 is 32.6 Å². The molecule has 0 heterocycles. The lowest BCUT2D eigenvalue weighted by atomic mass is 9.99. The fourth-order valence-corrected chi connectivity index (χ4v) is 3.82. The van der Waals surface area contributed by atoms with Gasteiger partial charge >= 0.3 is 6.18 Å². The molecule has 3 atom stereocenters. The maximum absolute atomic E-state index is 14.1. The Morgan fingerprint density at radius 2 is 1.64 bits per heavy atom. The molecule has 15 heteroatoms. The van der Waals surface area contributed by atoms with E-state index in [0.717, 1.165) is 18.2 Å². The molecule has 0 aliphatic rings. The number of aliphatic hydroxyl groups excluding tert-OH is 1. The number of rotatable bonds is 15. The monoisotopic (exact) mass is 600 g/mol.